The monoisotopic (exact) mass is 481 g/mol. The van der Waals surface area contributed by atoms with E-state index in [0.29, 0.717) is 18.0 Å². The van der Waals surface area contributed by atoms with Gasteiger partial charge in [-0.15, -0.1) is 0 Å². The molecular formula is C28H35NO4S. The van der Waals surface area contributed by atoms with E-state index in [2.05, 4.69) is 0 Å². The van der Waals surface area contributed by atoms with Crippen LogP contribution in [0.15, 0.2) is 70.8 Å². The number of sulfonamides is 1. The molecule has 5 rings (SSSR count). The average Bonchev–Trinajstić information content (AvgIpc) is 3.11. The standard InChI is InChI=1S/C28H35NO4S/c1-20-12-14-23(15-13-20)34(32,33)29(18-21-8-4-2-5-9-21)27-26(22-10-6-3-7-11-22)24-16-17-25(31)28(24,27)19-30/h2,4-5,8-9,12-15,22,24-25,30-31H,3,6-7,10-11,16-19H2,1H3/t24-,25-,28+/m0/s1. The van der Waals surface area contributed by atoms with Crippen molar-refractivity contribution < 1.29 is 18.6 Å². The van der Waals surface area contributed by atoms with Crippen molar-refractivity contribution in [3.63, 3.8) is 0 Å². The number of hydrogen-bond donors (Lipinski definition) is 2. The fourth-order valence-corrected chi connectivity index (χ4v) is 8.18. The highest BCUT2D eigenvalue weighted by Gasteiger charge is 2.64. The molecular weight excluding hydrogens is 446 g/mol. The molecule has 2 fully saturated rings. The number of aryl methyl sites for hydroxylation is 1. The number of fused-ring (bicyclic) bond motifs is 1. The van der Waals surface area contributed by atoms with Gasteiger partial charge in [-0.2, -0.15) is 0 Å². The van der Waals surface area contributed by atoms with E-state index in [0.717, 1.165) is 43.2 Å². The predicted molar refractivity (Wildman–Crippen MR) is 132 cm³/mol. The molecule has 0 heterocycles. The molecule has 182 valence electrons. The summed E-state index contributed by atoms with van der Waals surface area (Å²) in [5, 5.41) is 21.8. The smallest absolute Gasteiger partial charge is 0.264 e. The Bertz CT molecular complexity index is 1150. The second kappa shape index (κ2) is 9.14. The first-order chi connectivity index (χ1) is 16.4. The third-order valence-corrected chi connectivity index (χ3v) is 10.1. The Morgan fingerprint density at radius 3 is 2.26 bits per heavy atom. The fourth-order valence-electron chi connectivity index (χ4n) is 6.61. The van der Waals surface area contributed by atoms with Crippen LogP contribution in [0.25, 0.3) is 0 Å². The Morgan fingerprint density at radius 2 is 1.62 bits per heavy atom. The molecule has 34 heavy (non-hydrogen) atoms. The zero-order valence-corrected chi connectivity index (χ0v) is 20.7. The molecule has 3 aliphatic carbocycles. The first-order valence-corrected chi connectivity index (χ1v) is 14.0. The summed E-state index contributed by atoms with van der Waals surface area (Å²) in [5.74, 6) is 0.377. The molecule has 2 aromatic rings. The molecule has 2 aromatic carbocycles. The lowest BCUT2D eigenvalue weighted by molar-refractivity contribution is -0.0254. The fraction of sp³-hybridized carbons (Fsp3) is 0.500. The van der Waals surface area contributed by atoms with Crippen molar-refractivity contribution in [1.29, 1.82) is 0 Å². The van der Waals surface area contributed by atoms with E-state index >= 15 is 0 Å². The summed E-state index contributed by atoms with van der Waals surface area (Å²) in [7, 11) is -3.90. The molecule has 0 saturated heterocycles. The number of nitrogens with zero attached hydrogens (tertiary/aromatic N) is 1. The molecule has 0 bridgehead atoms. The van der Waals surface area contributed by atoms with Crippen molar-refractivity contribution in [2.24, 2.45) is 17.3 Å². The van der Waals surface area contributed by atoms with Crippen molar-refractivity contribution in [2.45, 2.75) is 69.4 Å². The zero-order valence-electron chi connectivity index (χ0n) is 19.9. The molecule has 2 N–H and O–H groups in total. The molecule has 6 heteroatoms. The van der Waals surface area contributed by atoms with E-state index < -0.39 is 21.5 Å². The first-order valence-electron chi connectivity index (χ1n) is 12.6. The summed E-state index contributed by atoms with van der Waals surface area (Å²) >= 11 is 0. The maximum absolute atomic E-state index is 14.2. The van der Waals surface area contributed by atoms with Crippen LogP contribution in [-0.2, 0) is 16.6 Å². The third-order valence-electron chi connectivity index (χ3n) is 8.37. The van der Waals surface area contributed by atoms with Gasteiger partial charge in [0.15, 0.2) is 0 Å². The largest absolute Gasteiger partial charge is 0.395 e. The van der Waals surface area contributed by atoms with Gasteiger partial charge < -0.3 is 10.2 Å². The normalized spacial score (nSPS) is 27.4. The summed E-state index contributed by atoms with van der Waals surface area (Å²) in [6, 6.07) is 16.6. The van der Waals surface area contributed by atoms with Crippen LogP contribution >= 0.6 is 0 Å². The molecule has 3 aliphatic rings. The highest BCUT2D eigenvalue weighted by Crippen LogP contribution is 2.65. The molecule has 0 aliphatic heterocycles. The highest BCUT2D eigenvalue weighted by molar-refractivity contribution is 7.89. The predicted octanol–water partition coefficient (Wildman–Crippen LogP) is 4.78. The minimum atomic E-state index is -3.90. The zero-order chi connectivity index (χ0) is 23.9. The Morgan fingerprint density at radius 1 is 0.941 bits per heavy atom. The van der Waals surface area contributed by atoms with E-state index in [9.17, 15) is 18.6 Å². The molecule has 0 unspecified atom stereocenters. The van der Waals surface area contributed by atoms with Crippen LogP contribution in [0.2, 0.25) is 0 Å². The molecule has 5 nitrogen and oxygen atoms in total. The number of aliphatic hydroxyl groups is 2. The number of benzene rings is 2. The molecule has 2 saturated carbocycles. The molecule has 0 amide bonds. The van der Waals surface area contributed by atoms with Gasteiger partial charge in [-0.3, -0.25) is 4.31 Å². The van der Waals surface area contributed by atoms with Crippen LogP contribution in [-0.4, -0.2) is 35.6 Å². The lowest BCUT2D eigenvalue weighted by atomic mass is 9.55. The maximum atomic E-state index is 14.2. The Balaban J connectivity index is 1.69. The lowest BCUT2D eigenvalue weighted by Crippen LogP contribution is -2.57. The van der Waals surface area contributed by atoms with Gasteiger partial charge in [0, 0.05) is 5.70 Å². The number of rotatable bonds is 7. The van der Waals surface area contributed by atoms with Gasteiger partial charge in [0.1, 0.15) is 0 Å². The maximum Gasteiger partial charge on any atom is 0.264 e. The van der Waals surface area contributed by atoms with Gasteiger partial charge in [0.05, 0.1) is 29.6 Å². The van der Waals surface area contributed by atoms with E-state index in [4.69, 9.17) is 0 Å². The SMILES string of the molecule is Cc1ccc(S(=O)(=O)N(Cc2ccccc2)C2=C(C3CCCCC3)[C@@H]3CC[C@H](O)[C@]23CO)cc1. The van der Waals surface area contributed by atoms with Crippen LogP contribution in [0.4, 0.5) is 0 Å². The summed E-state index contributed by atoms with van der Waals surface area (Å²) in [5.41, 5.74) is 2.83. The number of allylic oxidation sites excluding steroid dienone is 1. The van der Waals surface area contributed by atoms with Crippen molar-refractivity contribution in [2.75, 3.05) is 6.61 Å². The topological polar surface area (TPSA) is 77.8 Å². The third kappa shape index (κ3) is 3.71. The van der Waals surface area contributed by atoms with E-state index in [1.807, 2.05) is 49.4 Å². The molecule has 0 radical (unpaired) electrons. The van der Waals surface area contributed by atoms with Crippen molar-refractivity contribution >= 4 is 10.0 Å². The molecule has 3 atom stereocenters. The lowest BCUT2D eigenvalue weighted by Gasteiger charge is -2.55. The van der Waals surface area contributed by atoms with Crippen LogP contribution < -0.4 is 0 Å². The van der Waals surface area contributed by atoms with Gasteiger partial charge in [-0.1, -0.05) is 67.3 Å². The Hall–Kier alpha value is -2.15. The van der Waals surface area contributed by atoms with Gasteiger partial charge in [-0.05, 0) is 67.7 Å². The van der Waals surface area contributed by atoms with E-state index in [-0.39, 0.29) is 24.0 Å². The quantitative estimate of drug-likeness (QED) is 0.596. The molecule has 0 aromatic heterocycles. The second-order valence-electron chi connectivity index (χ2n) is 10.3. The highest BCUT2D eigenvalue weighted by atomic mass is 32.2. The summed E-state index contributed by atoms with van der Waals surface area (Å²) in [6.45, 7) is 1.89. The average molecular weight is 482 g/mol. The molecule has 0 spiro atoms. The minimum absolute atomic E-state index is 0.0529. The van der Waals surface area contributed by atoms with Crippen molar-refractivity contribution in [3.05, 3.63) is 77.0 Å². The van der Waals surface area contributed by atoms with Gasteiger partial charge in [0.25, 0.3) is 10.0 Å². The Labute approximate surface area is 203 Å². The van der Waals surface area contributed by atoms with Crippen LogP contribution in [0.5, 0.6) is 0 Å². The summed E-state index contributed by atoms with van der Waals surface area (Å²) in [4.78, 5) is 0.244. The minimum Gasteiger partial charge on any atom is -0.395 e. The van der Waals surface area contributed by atoms with Crippen molar-refractivity contribution in [1.82, 2.24) is 4.31 Å². The van der Waals surface area contributed by atoms with Crippen LogP contribution in [0.1, 0.15) is 56.1 Å². The number of aliphatic hydroxyl groups excluding tert-OH is 2. The van der Waals surface area contributed by atoms with Crippen LogP contribution in [0, 0.1) is 24.2 Å². The summed E-state index contributed by atoms with van der Waals surface area (Å²) in [6.07, 6.45) is 6.27. The van der Waals surface area contributed by atoms with Crippen LogP contribution in [0.3, 0.4) is 0 Å². The van der Waals surface area contributed by atoms with E-state index in [1.165, 1.54) is 16.3 Å². The van der Waals surface area contributed by atoms with Gasteiger partial charge in [0.2, 0.25) is 0 Å². The van der Waals surface area contributed by atoms with Gasteiger partial charge >= 0.3 is 0 Å². The second-order valence-corrected chi connectivity index (χ2v) is 12.2. The number of hydrogen-bond acceptors (Lipinski definition) is 4. The Kier molecular flexibility index (Phi) is 6.34. The summed E-state index contributed by atoms with van der Waals surface area (Å²) < 4.78 is 29.9. The van der Waals surface area contributed by atoms with E-state index in [1.54, 1.807) is 12.1 Å². The van der Waals surface area contributed by atoms with Crippen molar-refractivity contribution in [3.8, 4) is 0 Å². The first kappa shape index (κ1) is 23.6. The van der Waals surface area contributed by atoms with Gasteiger partial charge in [-0.25, -0.2) is 8.42 Å².